The Morgan fingerprint density at radius 1 is 1.13 bits per heavy atom. The van der Waals surface area contributed by atoms with Gasteiger partial charge >= 0.3 is 0 Å². The number of methoxy groups -OCH3 is 1. The number of nitrogens with one attached hydrogen (secondary N) is 1. The predicted molar refractivity (Wildman–Crippen MR) is 112 cm³/mol. The molecule has 7 heteroatoms. The Balaban J connectivity index is 1.49. The Bertz CT molecular complexity index is 1060. The lowest BCUT2D eigenvalue weighted by atomic mass is 9.87. The van der Waals surface area contributed by atoms with E-state index in [1.54, 1.807) is 18.0 Å². The summed E-state index contributed by atoms with van der Waals surface area (Å²) in [4.78, 5) is 16.9. The molecule has 1 saturated carbocycles. The Morgan fingerprint density at radius 3 is 2.77 bits per heavy atom. The Hall–Kier alpha value is -3.35. The van der Waals surface area contributed by atoms with Gasteiger partial charge < -0.3 is 14.8 Å². The van der Waals surface area contributed by atoms with Crippen LogP contribution in [-0.2, 0) is 4.79 Å². The molecule has 0 bridgehead atoms. The van der Waals surface area contributed by atoms with Gasteiger partial charge in [-0.3, -0.25) is 4.79 Å². The molecule has 3 heterocycles. The van der Waals surface area contributed by atoms with E-state index in [1.807, 2.05) is 42.6 Å². The van der Waals surface area contributed by atoms with Gasteiger partial charge in [-0.25, -0.2) is 4.98 Å². The number of ether oxygens (including phenoxy) is 2. The van der Waals surface area contributed by atoms with Crippen LogP contribution in [0.15, 0.2) is 48.8 Å². The van der Waals surface area contributed by atoms with Gasteiger partial charge in [-0.05, 0) is 55.5 Å². The number of aromatic nitrogens is 3. The molecule has 0 radical (unpaired) electrons. The van der Waals surface area contributed by atoms with Crippen molar-refractivity contribution in [3.05, 3.63) is 59.9 Å². The summed E-state index contributed by atoms with van der Waals surface area (Å²) in [6.45, 7) is 0. The van der Waals surface area contributed by atoms with Gasteiger partial charge in [0.05, 0.1) is 19.4 Å². The van der Waals surface area contributed by atoms with Gasteiger partial charge in [0.15, 0.2) is 17.3 Å². The van der Waals surface area contributed by atoms with Crippen LogP contribution in [0.5, 0.6) is 11.5 Å². The molecule has 1 aliphatic carbocycles. The molecule has 2 aromatic heterocycles. The van der Waals surface area contributed by atoms with Gasteiger partial charge in [0.2, 0.25) is 5.91 Å². The number of anilines is 1. The largest absolute Gasteiger partial charge is 0.493 e. The van der Waals surface area contributed by atoms with E-state index in [2.05, 4.69) is 15.4 Å². The third kappa shape index (κ3) is 3.40. The van der Waals surface area contributed by atoms with Crippen LogP contribution < -0.4 is 14.8 Å². The SMILES string of the molecule is COc1cc(C2CC(=O)Nc3c2cnn3-c2ccccn2)ccc1OC1CCCC1. The molecule has 154 valence electrons. The minimum Gasteiger partial charge on any atom is -0.493 e. The maximum absolute atomic E-state index is 12.5. The number of fused-ring (bicyclic) bond motifs is 1. The van der Waals surface area contributed by atoms with Crippen molar-refractivity contribution in [2.75, 3.05) is 12.4 Å². The highest BCUT2D eigenvalue weighted by Crippen LogP contribution is 2.41. The minimum absolute atomic E-state index is 0.0459. The van der Waals surface area contributed by atoms with Crippen LogP contribution in [0.3, 0.4) is 0 Å². The number of amides is 1. The highest BCUT2D eigenvalue weighted by Gasteiger charge is 2.31. The molecule has 5 rings (SSSR count). The van der Waals surface area contributed by atoms with Crippen molar-refractivity contribution in [1.29, 1.82) is 0 Å². The van der Waals surface area contributed by atoms with E-state index in [0.717, 1.165) is 29.7 Å². The van der Waals surface area contributed by atoms with E-state index in [9.17, 15) is 4.79 Å². The fraction of sp³-hybridized carbons (Fsp3) is 0.348. The molecule has 1 N–H and O–H groups in total. The summed E-state index contributed by atoms with van der Waals surface area (Å²) in [5, 5.41) is 7.45. The Kier molecular flexibility index (Phi) is 4.86. The molecule has 0 saturated heterocycles. The van der Waals surface area contributed by atoms with Crippen molar-refractivity contribution in [2.45, 2.75) is 44.1 Å². The molecule has 2 aliphatic rings. The van der Waals surface area contributed by atoms with E-state index in [1.165, 1.54) is 12.8 Å². The Morgan fingerprint density at radius 2 is 2.00 bits per heavy atom. The number of pyridine rings is 1. The van der Waals surface area contributed by atoms with Gasteiger partial charge in [-0.15, -0.1) is 0 Å². The smallest absolute Gasteiger partial charge is 0.226 e. The third-order valence-corrected chi connectivity index (χ3v) is 5.87. The number of carbonyl (C=O) groups excluding carboxylic acids is 1. The zero-order valence-corrected chi connectivity index (χ0v) is 16.9. The molecule has 1 atom stereocenters. The van der Waals surface area contributed by atoms with Crippen molar-refractivity contribution in [2.24, 2.45) is 0 Å². The first kappa shape index (κ1) is 18.7. The molecule has 1 aliphatic heterocycles. The van der Waals surface area contributed by atoms with Crippen molar-refractivity contribution < 1.29 is 14.3 Å². The fourth-order valence-corrected chi connectivity index (χ4v) is 4.35. The number of rotatable bonds is 5. The fourth-order valence-electron chi connectivity index (χ4n) is 4.35. The van der Waals surface area contributed by atoms with Gasteiger partial charge in [0.25, 0.3) is 0 Å². The average molecular weight is 404 g/mol. The third-order valence-electron chi connectivity index (χ3n) is 5.87. The van der Waals surface area contributed by atoms with Crippen molar-refractivity contribution in [1.82, 2.24) is 14.8 Å². The molecule has 1 aromatic carbocycles. The van der Waals surface area contributed by atoms with Gasteiger partial charge in [0.1, 0.15) is 5.82 Å². The van der Waals surface area contributed by atoms with Crippen molar-refractivity contribution in [3.63, 3.8) is 0 Å². The number of carbonyl (C=O) groups is 1. The lowest BCUT2D eigenvalue weighted by molar-refractivity contribution is -0.116. The van der Waals surface area contributed by atoms with E-state index in [4.69, 9.17) is 9.47 Å². The normalized spacial score (nSPS) is 18.7. The zero-order valence-electron chi connectivity index (χ0n) is 16.9. The van der Waals surface area contributed by atoms with Gasteiger partial charge in [-0.2, -0.15) is 9.78 Å². The van der Waals surface area contributed by atoms with Crippen LogP contribution in [0.2, 0.25) is 0 Å². The number of nitrogens with zero attached hydrogens (tertiary/aromatic N) is 3. The maximum atomic E-state index is 12.5. The lowest BCUT2D eigenvalue weighted by Gasteiger charge is -2.24. The molecule has 0 spiro atoms. The van der Waals surface area contributed by atoms with Crippen LogP contribution in [0.1, 0.15) is 49.1 Å². The second-order valence-corrected chi connectivity index (χ2v) is 7.79. The molecule has 7 nitrogen and oxygen atoms in total. The summed E-state index contributed by atoms with van der Waals surface area (Å²) in [6, 6.07) is 11.6. The summed E-state index contributed by atoms with van der Waals surface area (Å²) in [7, 11) is 1.65. The summed E-state index contributed by atoms with van der Waals surface area (Å²) < 4.78 is 13.5. The zero-order chi connectivity index (χ0) is 20.5. The molecule has 3 aromatic rings. The highest BCUT2D eigenvalue weighted by molar-refractivity contribution is 5.94. The van der Waals surface area contributed by atoms with E-state index >= 15 is 0 Å². The summed E-state index contributed by atoms with van der Waals surface area (Å²) in [5.41, 5.74) is 1.97. The molecule has 30 heavy (non-hydrogen) atoms. The number of benzene rings is 1. The topological polar surface area (TPSA) is 78.3 Å². The van der Waals surface area contributed by atoms with Crippen LogP contribution in [0, 0.1) is 0 Å². The quantitative estimate of drug-likeness (QED) is 0.694. The average Bonchev–Trinajstić information content (AvgIpc) is 3.44. The maximum Gasteiger partial charge on any atom is 0.226 e. The summed E-state index contributed by atoms with van der Waals surface area (Å²) in [6.07, 6.45) is 8.73. The lowest BCUT2D eigenvalue weighted by Crippen LogP contribution is -2.24. The first-order chi connectivity index (χ1) is 14.7. The van der Waals surface area contributed by atoms with E-state index < -0.39 is 0 Å². The standard InChI is InChI=1S/C23H24N4O3/c1-29-20-12-15(9-10-19(20)30-16-6-2-3-7-16)17-13-22(28)26-23-18(17)14-25-27(23)21-8-4-5-11-24-21/h4-5,8-12,14,16-17H,2-3,6-7,13H2,1H3,(H,26,28). The molecule has 1 fully saturated rings. The van der Waals surface area contributed by atoms with Crippen molar-refractivity contribution >= 4 is 11.7 Å². The van der Waals surface area contributed by atoms with E-state index in [-0.39, 0.29) is 17.9 Å². The molecule has 1 amide bonds. The van der Waals surface area contributed by atoms with Crippen LogP contribution in [0.25, 0.3) is 5.82 Å². The summed E-state index contributed by atoms with van der Waals surface area (Å²) in [5.74, 6) is 2.63. The second-order valence-electron chi connectivity index (χ2n) is 7.79. The predicted octanol–water partition coefficient (Wildman–Crippen LogP) is 4.07. The minimum atomic E-state index is -0.111. The summed E-state index contributed by atoms with van der Waals surface area (Å²) >= 11 is 0. The second kappa shape index (κ2) is 7.82. The van der Waals surface area contributed by atoms with Crippen LogP contribution in [-0.4, -0.2) is 33.9 Å². The molecular formula is C23H24N4O3. The highest BCUT2D eigenvalue weighted by atomic mass is 16.5. The van der Waals surface area contributed by atoms with Crippen LogP contribution in [0.4, 0.5) is 5.82 Å². The number of hydrogen-bond donors (Lipinski definition) is 1. The van der Waals surface area contributed by atoms with Crippen LogP contribution >= 0.6 is 0 Å². The monoisotopic (exact) mass is 404 g/mol. The van der Waals surface area contributed by atoms with Gasteiger partial charge in [0, 0.05) is 24.1 Å². The molecular weight excluding hydrogens is 380 g/mol. The first-order valence-electron chi connectivity index (χ1n) is 10.4. The Labute approximate surface area is 175 Å². The first-order valence-corrected chi connectivity index (χ1v) is 10.4. The molecule has 1 unspecified atom stereocenters. The number of hydrogen-bond acceptors (Lipinski definition) is 5. The van der Waals surface area contributed by atoms with E-state index in [0.29, 0.717) is 23.8 Å². The van der Waals surface area contributed by atoms with Gasteiger partial charge in [-0.1, -0.05) is 12.1 Å². The van der Waals surface area contributed by atoms with Crippen molar-refractivity contribution in [3.8, 4) is 17.3 Å².